The van der Waals surface area contributed by atoms with Gasteiger partial charge in [0, 0.05) is 12.3 Å². The smallest absolute Gasteiger partial charge is 0.268 e. The Morgan fingerprint density at radius 1 is 1.10 bits per heavy atom. The normalized spacial score (nSPS) is 11.9. The van der Waals surface area contributed by atoms with Gasteiger partial charge in [-0.05, 0) is 47.7 Å². The molecule has 0 aliphatic carbocycles. The van der Waals surface area contributed by atoms with E-state index in [0.29, 0.717) is 14.6 Å². The molecule has 0 fully saturated rings. The first-order valence-electron chi connectivity index (χ1n) is 6.12. The highest BCUT2D eigenvalue weighted by molar-refractivity contribution is 14.1. The van der Waals surface area contributed by atoms with Gasteiger partial charge in [0.2, 0.25) is 5.56 Å². The number of pyridine rings is 1. The van der Waals surface area contributed by atoms with Crippen LogP contribution in [0.5, 0.6) is 0 Å². The highest BCUT2D eigenvalue weighted by Crippen LogP contribution is 2.24. The Morgan fingerprint density at radius 2 is 1.76 bits per heavy atom. The maximum Gasteiger partial charge on any atom is 0.268 e. The third-order valence-electron chi connectivity index (χ3n) is 3.18. The van der Waals surface area contributed by atoms with Gasteiger partial charge < -0.3 is 4.98 Å². The van der Waals surface area contributed by atoms with Crippen LogP contribution >= 0.6 is 22.6 Å². The van der Waals surface area contributed by atoms with Crippen LogP contribution in [0, 0.1) is 10.5 Å². The quantitative estimate of drug-likeness (QED) is 0.655. The number of benzene rings is 1. The number of halogens is 1. The molecule has 0 spiro atoms. The Balaban J connectivity index is 2.29. The number of aryl methyl sites for hydroxylation is 1. The molecule has 1 aromatic carbocycles. The molecule has 0 bridgehead atoms. The van der Waals surface area contributed by atoms with Gasteiger partial charge in [0.25, 0.3) is 10.0 Å². The minimum atomic E-state index is -3.68. The van der Waals surface area contributed by atoms with Gasteiger partial charge in [-0.1, -0.05) is 17.7 Å². The molecule has 0 saturated carbocycles. The second kappa shape index (κ2) is 4.99. The molecule has 0 unspecified atom stereocenters. The summed E-state index contributed by atoms with van der Waals surface area (Å²) in [5.74, 6) is 0. The van der Waals surface area contributed by atoms with E-state index in [1.165, 1.54) is 22.3 Å². The van der Waals surface area contributed by atoms with Gasteiger partial charge in [-0.15, -0.1) is 0 Å². The lowest BCUT2D eigenvalue weighted by molar-refractivity contribution is 0.589. The summed E-state index contributed by atoms with van der Waals surface area (Å²) < 4.78 is 27.3. The van der Waals surface area contributed by atoms with Crippen molar-refractivity contribution in [2.24, 2.45) is 0 Å². The molecule has 0 atom stereocenters. The molecule has 3 rings (SSSR count). The number of hydrogen-bond acceptors (Lipinski definition) is 3. The second-order valence-electron chi connectivity index (χ2n) is 4.67. The van der Waals surface area contributed by atoms with E-state index in [0.717, 1.165) is 5.56 Å². The van der Waals surface area contributed by atoms with Gasteiger partial charge in [-0.3, -0.25) is 4.79 Å². The Bertz CT molecular complexity index is 985. The average molecular weight is 414 g/mol. The molecule has 2 aromatic heterocycles. The topological polar surface area (TPSA) is 71.9 Å². The van der Waals surface area contributed by atoms with Crippen LogP contribution < -0.4 is 5.56 Å². The fourth-order valence-corrected chi connectivity index (χ4v) is 4.33. The molecule has 1 N–H and O–H groups in total. The van der Waals surface area contributed by atoms with E-state index < -0.39 is 10.0 Å². The first-order valence-corrected chi connectivity index (χ1v) is 8.63. The maximum absolute atomic E-state index is 12.7. The van der Waals surface area contributed by atoms with Crippen LogP contribution in [0.4, 0.5) is 0 Å². The Labute approximate surface area is 134 Å². The molecule has 7 heteroatoms. The number of fused-ring (bicyclic) bond motifs is 1. The van der Waals surface area contributed by atoms with E-state index >= 15 is 0 Å². The van der Waals surface area contributed by atoms with Crippen molar-refractivity contribution in [1.29, 1.82) is 0 Å². The van der Waals surface area contributed by atoms with Crippen LogP contribution in [-0.4, -0.2) is 17.4 Å². The molecule has 0 aliphatic rings. The molecule has 0 aliphatic heterocycles. The Hall–Kier alpha value is -1.61. The summed E-state index contributed by atoms with van der Waals surface area (Å²) >= 11 is 2.00. The number of nitrogens with one attached hydrogen (secondary N) is 1. The molecule has 3 aromatic rings. The third kappa shape index (κ3) is 2.40. The molecule has 2 heterocycles. The van der Waals surface area contributed by atoms with Gasteiger partial charge in [0.1, 0.15) is 0 Å². The van der Waals surface area contributed by atoms with Crippen molar-refractivity contribution in [3.05, 3.63) is 62.1 Å². The van der Waals surface area contributed by atoms with Crippen LogP contribution in [0.2, 0.25) is 0 Å². The minimum Gasteiger partial charge on any atom is -0.320 e. The average Bonchev–Trinajstić information content (AvgIpc) is 2.77. The van der Waals surface area contributed by atoms with Gasteiger partial charge in [0.05, 0.1) is 19.5 Å². The summed E-state index contributed by atoms with van der Waals surface area (Å²) in [6.45, 7) is 1.90. The van der Waals surface area contributed by atoms with E-state index in [1.807, 2.05) is 29.5 Å². The zero-order chi connectivity index (χ0) is 15.2. The summed E-state index contributed by atoms with van der Waals surface area (Å²) in [6.07, 6.45) is 1.51. The fourth-order valence-electron chi connectivity index (χ4n) is 2.09. The Kier molecular flexibility index (Phi) is 3.40. The highest BCUT2D eigenvalue weighted by atomic mass is 127. The summed E-state index contributed by atoms with van der Waals surface area (Å²) in [4.78, 5) is 14.3. The number of nitrogens with zero attached hydrogens (tertiary/aromatic N) is 1. The van der Waals surface area contributed by atoms with E-state index in [-0.39, 0.29) is 10.5 Å². The van der Waals surface area contributed by atoms with Crippen molar-refractivity contribution < 1.29 is 8.42 Å². The standard InChI is InChI=1S/C14H11IN2O3S/c1-9-2-4-10(5-3-9)21(19,20)17-8-11(15)14-12(17)6-7-13(18)16-14/h2-8H,1H3,(H,16,18). The lowest BCUT2D eigenvalue weighted by atomic mass is 10.2. The largest absolute Gasteiger partial charge is 0.320 e. The van der Waals surface area contributed by atoms with Crippen LogP contribution in [0.25, 0.3) is 11.0 Å². The maximum atomic E-state index is 12.7. The molecule has 21 heavy (non-hydrogen) atoms. The lowest BCUT2D eigenvalue weighted by Gasteiger charge is -2.07. The third-order valence-corrected chi connectivity index (χ3v) is 5.69. The number of aromatic nitrogens is 2. The molecular formula is C14H11IN2O3S. The molecule has 0 amide bonds. The van der Waals surface area contributed by atoms with Crippen LogP contribution in [0.1, 0.15) is 5.56 Å². The predicted octanol–water partition coefficient (Wildman–Crippen LogP) is 2.48. The summed E-state index contributed by atoms with van der Waals surface area (Å²) in [7, 11) is -3.68. The van der Waals surface area contributed by atoms with Gasteiger partial charge in [-0.2, -0.15) is 0 Å². The van der Waals surface area contributed by atoms with E-state index in [1.54, 1.807) is 24.3 Å². The van der Waals surface area contributed by atoms with Gasteiger partial charge in [0.15, 0.2) is 0 Å². The van der Waals surface area contributed by atoms with Crippen molar-refractivity contribution in [1.82, 2.24) is 8.96 Å². The SMILES string of the molecule is Cc1ccc(S(=O)(=O)n2cc(I)c3[nH]c(=O)ccc32)cc1. The van der Waals surface area contributed by atoms with Crippen LogP contribution in [-0.2, 0) is 10.0 Å². The molecular weight excluding hydrogens is 403 g/mol. The van der Waals surface area contributed by atoms with Crippen molar-refractivity contribution >= 4 is 43.6 Å². The molecule has 108 valence electrons. The zero-order valence-electron chi connectivity index (χ0n) is 11.0. The van der Waals surface area contributed by atoms with Crippen LogP contribution in [0.15, 0.2) is 52.3 Å². The number of H-pyrrole nitrogens is 1. The Morgan fingerprint density at radius 3 is 2.43 bits per heavy atom. The lowest BCUT2D eigenvalue weighted by Crippen LogP contribution is -2.12. The predicted molar refractivity (Wildman–Crippen MR) is 89.0 cm³/mol. The van der Waals surface area contributed by atoms with E-state index in [4.69, 9.17) is 0 Å². The summed E-state index contributed by atoms with van der Waals surface area (Å²) in [6, 6.07) is 9.50. The summed E-state index contributed by atoms with van der Waals surface area (Å²) in [5, 5.41) is 0. The van der Waals surface area contributed by atoms with Gasteiger partial charge >= 0.3 is 0 Å². The number of rotatable bonds is 2. The second-order valence-corrected chi connectivity index (χ2v) is 7.65. The number of aromatic amines is 1. The summed E-state index contributed by atoms with van der Waals surface area (Å²) in [5.41, 5.74) is 1.72. The molecule has 5 nitrogen and oxygen atoms in total. The van der Waals surface area contributed by atoms with E-state index in [9.17, 15) is 13.2 Å². The van der Waals surface area contributed by atoms with Crippen molar-refractivity contribution in [2.75, 3.05) is 0 Å². The fraction of sp³-hybridized carbons (Fsp3) is 0.0714. The first-order chi connectivity index (χ1) is 9.89. The zero-order valence-corrected chi connectivity index (χ0v) is 14.0. The van der Waals surface area contributed by atoms with Crippen LogP contribution in [0.3, 0.4) is 0 Å². The number of hydrogen-bond donors (Lipinski definition) is 1. The van der Waals surface area contributed by atoms with E-state index in [2.05, 4.69) is 4.98 Å². The molecule has 0 saturated heterocycles. The first kappa shape index (κ1) is 14.3. The van der Waals surface area contributed by atoms with Crippen molar-refractivity contribution in [3.8, 4) is 0 Å². The highest BCUT2D eigenvalue weighted by Gasteiger charge is 2.20. The molecule has 0 radical (unpaired) electrons. The van der Waals surface area contributed by atoms with Crippen molar-refractivity contribution in [3.63, 3.8) is 0 Å². The van der Waals surface area contributed by atoms with Gasteiger partial charge in [-0.25, -0.2) is 12.4 Å². The van der Waals surface area contributed by atoms with Crippen molar-refractivity contribution in [2.45, 2.75) is 11.8 Å². The minimum absolute atomic E-state index is 0.215. The monoisotopic (exact) mass is 414 g/mol.